The van der Waals surface area contributed by atoms with Gasteiger partial charge in [-0.25, -0.2) is 4.79 Å². The third kappa shape index (κ3) is 4.62. The Morgan fingerprint density at radius 3 is 2.65 bits per heavy atom. The predicted molar refractivity (Wildman–Crippen MR) is 102 cm³/mol. The summed E-state index contributed by atoms with van der Waals surface area (Å²) in [6, 6.07) is 13.9. The molecule has 0 aromatic heterocycles. The second-order valence-electron chi connectivity index (χ2n) is 5.16. The third-order valence-electron chi connectivity index (χ3n) is 3.23. The van der Waals surface area contributed by atoms with E-state index in [-0.39, 0.29) is 5.91 Å². The Morgan fingerprint density at radius 2 is 1.96 bits per heavy atom. The number of rotatable bonds is 6. The summed E-state index contributed by atoms with van der Waals surface area (Å²) in [5.41, 5.74) is 0.772. The number of hydrogen-bond donors (Lipinski definition) is 2. The smallest absolute Gasteiger partial charge is 0.341 e. The maximum Gasteiger partial charge on any atom is 0.341 e. The molecule has 0 radical (unpaired) electrons. The quantitative estimate of drug-likeness (QED) is 0.580. The molecule has 2 N–H and O–H groups in total. The molecule has 0 saturated carbocycles. The van der Waals surface area contributed by atoms with Crippen molar-refractivity contribution in [2.24, 2.45) is 0 Å². The molecule has 1 fully saturated rings. The highest BCUT2D eigenvalue weighted by Gasteiger charge is 2.21. The first-order valence-electron chi connectivity index (χ1n) is 7.47. The lowest BCUT2D eigenvalue weighted by Crippen LogP contribution is -2.17. The van der Waals surface area contributed by atoms with E-state index in [0.717, 1.165) is 5.56 Å². The highest BCUT2D eigenvalue weighted by molar-refractivity contribution is 8.26. The van der Waals surface area contributed by atoms with Gasteiger partial charge >= 0.3 is 5.97 Å². The zero-order valence-electron chi connectivity index (χ0n) is 13.3. The minimum absolute atomic E-state index is 0.223. The van der Waals surface area contributed by atoms with E-state index < -0.39 is 12.6 Å². The van der Waals surface area contributed by atoms with Crippen molar-refractivity contribution >= 4 is 46.3 Å². The second kappa shape index (κ2) is 8.03. The molecule has 1 heterocycles. The maximum absolute atomic E-state index is 11.8. The number of ether oxygens (including phenoxy) is 2. The average molecular weight is 387 g/mol. The fourth-order valence-electron chi connectivity index (χ4n) is 2.16. The topological polar surface area (TPSA) is 84.9 Å². The summed E-state index contributed by atoms with van der Waals surface area (Å²) in [7, 11) is 0. The fourth-order valence-corrected chi connectivity index (χ4v) is 3.20. The Hall–Kier alpha value is -2.84. The van der Waals surface area contributed by atoms with Gasteiger partial charge < -0.3 is 19.9 Å². The molecule has 1 amide bonds. The highest BCUT2D eigenvalue weighted by Crippen LogP contribution is 2.32. The summed E-state index contributed by atoms with van der Waals surface area (Å²) < 4.78 is 11.5. The first-order valence-corrected chi connectivity index (χ1v) is 8.70. The number of para-hydroxylation sites is 2. The zero-order valence-corrected chi connectivity index (χ0v) is 14.9. The molecule has 0 bridgehead atoms. The first-order chi connectivity index (χ1) is 12.5. The molecule has 1 aliphatic rings. The largest absolute Gasteiger partial charge is 0.479 e. The van der Waals surface area contributed by atoms with Crippen LogP contribution in [0.4, 0.5) is 0 Å². The minimum Gasteiger partial charge on any atom is -0.479 e. The van der Waals surface area contributed by atoms with Crippen molar-refractivity contribution in [3.8, 4) is 17.2 Å². The number of carbonyl (C=O) groups is 2. The molecular formula is C18H13NO5S2. The lowest BCUT2D eigenvalue weighted by molar-refractivity contribution is -0.139. The lowest BCUT2D eigenvalue weighted by atomic mass is 10.2. The number of amides is 1. The molecule has 0 unspecified atom stereocenters. The van der Waals surface area contributed by atoms with Crippen molar-refractivity contribution in [1.29, 1.82) is 0 Å². The Balaban J connectivity index is 1.80. The molecule has 0 spiro atoms. The highest BCUT2D eigenvalue weighted by atomic mass is 32.2. The van der Waals surface area contributed by atoms with Crippen LogP contribution in [0.5, 0.6) is 17.2 Å². The fraction of sp³-hybridized carbons (Fsp3) is 0.0556. The van der Waals surface area contributed by atoms with Crippen LogP contribution in [0.15, 0.2) is 53.4 Å². The zero-order chi connectivity index (χ0) is 18.5. The Bertz CT molecular complexity index is 910. The van der Waals surface area contributed by atoms with E-state index in [2.05, 4.69) is 5.32 Å². The van der Waals surface area contributed by atoms with Crippen molar-refractivity contribution in [1.82, 2.24) is 5.32 Å². The molecule has 6 nitrogen and oxygen atoms in total. The van der Waals surface area contributed by atoms with Gasteiger partial charge in [0.1, 0.15) is 10.1 Å². The van der Waals surface area contributed by atoms with Crippen LogP contribution < -0.4 is 14.8 Å². The number of thioether (sulfide) groups is 1. The van der Waals surface area contributed by atoms with Crippen LogP contribution in [0.3, 0.4) is 0 Å². The van der Waals surface area contributed by atoms with E-state index in [1.165, 1.54) is 11.8 Å². The van der Waals surface area contributed by atoms with Crippen molar-refractivity contribution < 1.29 is 24.2 Å². The van der Waals surface area contributed by atoms with Gasteiger partial charge in [0.25, 0.3) is 5.91 Å². The first kappa shape index (κ1) is 18.0. The molecule has 1 saturated heterocycles. The maximum atomic E-state index is 11.8. The average Bonchev–Trinajstić information content (AvgIpc) is 2.91. The molecule has 2 aromatic carbocycles. The summed E-state index contributed by atoms with van der Waals surface area (Å²) in [6.07, 6.45) is 1.72. The minimum atomic E-state index is -1.07. The van der Waals surface area contributed by atoms with Gasteiger partial charge in [-0.3, -0.25) is 4.79 Å². The summed E-state index contributed by atoms with van der Waals surface area (Å²) in [4.78, 5) is 22.9. The van der Waals surface area contributed by atoms with E-state index in [9.17, 15) is 9.59 Å². The number of aliphatic carboxylic acids is 1. The van der Waals surface area contributed by atoms with Gasteiger partial charge in [-0.1, -0.05) is 48.2 Å². The normalized spacial score (nSPS) is 15.0. The second-order valence-corrected chi connectivity index (χ2v) is 6.87. The SMILES string of the molecule is O=C(O)COc1ccccc1Oc1cccc(C=C2SC(=S)NC2=O)c1. The molecule has 8 heteroatoms. The van der Waals surface area contributed by atoms with Crippen LogP contribution in [0.2, 0.25) is 0 Å². The number of benzene rings is 2. The lowest BCUT2D eigenvalue weighted by Gasteiger charge is -2.11. The van der Waals surface area contributed by atoms with Crippen molar-refractivity contribution in [3.63, 3.8) is 0 Å². The van der Waals surface area contributed by atoms with Gasteiger partial charge in [0, 0.05) is 0 Å². The number of thiocarbonyl (C=S) groups is 1. The summed E-state index contributed by atoms with van der Waals surface area (Å²) >= 11 is 6.17. The van der Waals surface area contributed by atoms with Crippen LogP contribution in [-0.4, -0.2) is 27.9 Å². The van der Waals surface area contributed by atoms with E-state index >= 15 is 0 Å². The van der Waals surface area contributed by atoms with Crippen LogP contribution in [0.1, 0.15) is 5.56 Å². The molecule has 2 aromatic rings. The van der Waals surface area contributed by atoms with Gasteiger partial charge in [-0.15, -0.1) is 0 Å². The molecular weight excluding hydrogens is 374 g/mol. The Labute approximate surface area is 158 Å². The van der Waals surface area contributed by atoms with Crippen LogP contribution in [0, 0.1) is 0 Å². The molecule has 132 valence electrons. The van der Waals surface area contributed by atoms with Crippen molar-refractivity contribution in [2.75, 3.05) is 6.61 Å². The van der Waals surface area contributed by atoms with E-state index in [1.807, 2.05) is 6.07 Å². The summed E-state index contributed by atoms with van der Waals surface area (Å²) in [6.45, 7) is -0.460. The van der Waals surface area contributed by atoms with Gasteiger partial charge in [-0.05, 0) is 35.9 Å². The number of carbonyl (C=O) groups excluding carboxylic acids is 1. The number of hydrogen-bond acceptors (Lipinski definition) is 6. The van der Waals surface area contributed by atoms with Crippen molar-refractivity contribution in [3.05, 3.63) is 59.0 Å². The van der Waals surface area contributed by atoms with Crippen LogP contribution in [0.25, 0.3) is 6.08 Å². The molecule has 26 heavy (non-hydrogen) atoms. The number of nitrogens with one attached hydrogen (secondary N) is 1. The summed E-state index contributed by atoms with van der Waals surface area (Å²) in [5, 5.41) is 11.3. The molecule has 0 aliphatic carbocycles. The van der Waals surface area contributed by atoms with Gasteiger partial charge in [0.15, 0.2) is 18.1 Å². The number of carboxylic acid groups (broad SMARTS) is 1. The predicted octanol–water partition coefficient (Wildman–Crippen LogP) is 3.43. The third-order valence-corrected chi connectivity index (χ3v) is 4.39. The Morgan fingerprint density at radius 1 is 1.19 bits per heavy atom. The van der Waals surface area contributed by atoms with Gasteiger partial charge in [-0.2, -0.15) is 0 Å². The van der Waals surface area contributed by atoms with E-state index in [1.54, 1.807) is 48.5 Å². The van der Waals surface area contributed by atoms with Crippen molar-refractivity contribution in [2.45, 2.75) is 0 Å². The Kier molecular flexibility index (Phi) is 5.55. The monoisotopic (exact) mass is 387 g/mol. The molecule has 3 rings (SSSR count). The van der Waals surface area contributed by atoms with Crippen LogP contribution >= 0.6 is 24.0 Å². The van der Waals surface area contributed by atoms with E-state index in [4.69, 9.17) is 26.8 Å². The molecule has 1 aliphatic heterocycles. The standard InChI is InChI=1S/C18H13NO5S2/c20-16(21)10-23-13-6-1-2-7-14(13)24-12-5-3-4-11(8-12)9-15-17(22)19-18(25)26-15/h1-9H,10H2,(H,20,21)(H,19,22,25). The van der Waals surface area contributed by atoms with E-state index in [0.29, 0.717) is 26.5 Å². The molecule has 0 atom stereocenters. The number of carboxylic acids is 1. The summed E-state index contributed by atoms with van der Waals surface area (Å²) in [5.74, 6) is -0.0448. The van der Waals surface area contributed by atoms with Crippen LogP contribution in [-0.2, 0) is 9.59 Å². The van der Waals surface area contributed by atoms with Gasteiger partial charge in [0.2, 0.25) is 0 Å². The van der Waals surface area contributed by atoms with Gasteiger partial charge in [0.05, 0.1) is 4.91 Å².